The Bertz CT molecular complexity index is 931. The fraction of sp³-hybridized carbons (Fsp3) is 0.150. The second-order valence-corrected chi connectivity index (χ2v) is 6.74. The van der Waals surface area contributed by atoms with Crippen LogP contribution >= 0.6 is 11.8 Å². The van der Waals surface area contributed by atoms with E-state index in [0.29, 0.717) is 16.5 Å². The summed E-state index contributed by atoms with van der Waals surface area (Å²) in [4.78, 5) is 21.0. The van der Waals surface area contributed by atoms with Gasteiger partial charge < -0.3 is 10.1 Å². The summed E-state index contributed by atoms with van der Waals surface area (Å²) in [7, 11) is 1.59. The van der Waals surface area contributed by atoms with Gasteiger partial charge in [0.05, 0.1) is 12.9 Å². The quantitative estimate of drug-likeness (QED) is 0.507. The van der Waals surface area contributed by atoms with Crippen molar-refractivity contribution in [3.63, 3.8) is 0 Å². The lowest BCUT2D eigenvalue weighted by Gasteiger charge is -2.08. The molecule has 138 valence electrons. The number of carbonyl (C=O) groups is 1. The molecule has 3 aromatic rings. The van der Waals surface area contributed by atoms with E-state index in [2.05, 4.69) is 15.3 Å². The molecule has 0 spiro atoms. The van der Waals surface area contributed by atoms with Gasteiger partial charge in [0, 0.05) is 16.9 Å². The summed E-state index contributed by atoms with van der Waals surface area (Å²) in [6, 6.07) is 15.0. The first-order valence-corrected chi connectivity index (χ1v) is 9.20. The number of hydrogen-bond donors (Lipinski definition) is 1. The summed E-state index contributed by atoms with van der Waals surface area (Å²) in [5, 5.41) is 3.52. The summed E-state index contributed by atoms with van der Waals surface area (Å²) in [6.45, 7) is 1.86. The third-order valence-electron chi connectivity index (χ3n) is 3.66. The van der Waals surface area contributed by atoms with Crippen molar-refractivity contribution < 1.29 is 13.9 Å². The second kappa shape index (κ2) is 8.64. The van der Waals surface area contributed by atoms with E-state index < -0.39 is 0 Å². The lowest BCUT2D eigenvalue weighted by atomic mass is 10.2. The van der Waals surface area contributed by atoms with Gasteiger partial charge in [-0.3, -0.25) is 4.79 Å². The van der Waals surface area contributed by atoms with Crippen LogP contribution in [0.3, 0.4) is 0 Å². The van der Waals surface area contributed by atoms with Crippen molar-refractivity contribution >= 4 is 23.4 Å². The molecule has 7 heteroatoms. The average molecular weight is 383 g/mol. The third kappa shape index (κ3) is 5.27. The summed E-state index contributed by atoms with van der Waals surface area (Å²) in [6.07, 6.45) is 0. The first-order valence-electron chi connectivity index (χ1n) is 8.22. The summed E-state index contributed by atoms with van der Waals surface area (Å²) >= 11 is 1.32. The van der Waals surface area contributed by atoms with Crippen molar-refractivity contribution in [2.75, 3.05) is 18.2 Å². The molecule has 1 N–H and O–H groups in total. The number of halogens is 1. The van der Waals surface area contributed by atoms with Gasteiger partial charge in [-0.1, -0.05) is 11.8 Å². The molecule has 0 radical (unpaired) electrons. The van der Waals surface area contributed by atoms with Crippen LogP contribution in [0.4, 0.5) is 10.1 Å². The van der Waals surface area contributed by atoms with Gasteiger partial charge in [0.25, 0.3) is 0 Å². The Morgan fingerprint density at radius 3 is 2.48 bits per heavy atom. The van der Waals surface area contributed by atoms with Crippen LogP contribution in [0.25, 0.3) is 11.4 Å². The molecule has 1 aromatic heterocycles. The van der Waals surface area contributed by atoms with Crippen molar-refractivity contribution in [3.8, 4) is 17.1 Å². The molecular weight excluding hydrogens is 365 g/mol. The highest BCUT2D eigenvalue weighted by Gasteiger charge is 2.09. The topological polar surface area (TPSA) is 64.1 Å². The number of ether oxygens (including phenoxy) is 1. The number of rotatable bonds is 6. The van der Waals surface area contributed by atoms with Crippen molar-refractivity contribution in [1.29, 1.82) is 0 Å². The maximum absolute atomic E-state index is 13.1. The maximum atomic E-state index is 13.1. The molecule has 0 unspecified atom stereocenters. The predicted molar refractivity (Wildman–Crippen MR) is 105 cm³/mol. The first kappa shape index (κ1) is 18.8. The SMILES string of the molecule is COc1ccc(NC(=O)CSc2cc(C)nc(-c3ccc(F)cc3)n2)cc1. The smallest absolute Gasteiger partial charge is 0.234 e. The van der Waals surface area contributed by atoms with Gasteiger partial charge in [-0.15, -0.1) is 0 Å². The van der Waals surface area contributed by atoms with E-state index in [1.165, 1.54) is 23.9 Å². The van der Waals surface area contributed by atoms with E-state index in [-0.39, 0.29) is 17.5 Å². The van der Waals surface area contributed by atoms with Crippen LogP contribution in [0.2, 0.25) is 0 Å². The first-order chi connectivity index (χ1) is 13.0. The largest absolute Gasteiger partial charge is 0.497 e. The van der Waals surface area contributed by atoms with E-state index in [1.54, 1.807) is 43.5 Å². The highest BCUT2D eigenvalue weighted by molar-refractivity contribution is 7.99. The molecule has 3 rings (SSSR count). The number of nitrogens with zero attached hydrogens (tertiary/aromatic N) is 2. The number of anilines is 1. The van der Waals surface area contributed by atoms with E-state index >= 15 is 0 Å². The number of amides is 1. The van der Waals surface area contributed by atoms with Crippen molar-refractivity contribution in [1.82, 2.24) is 9.97 Å². The monoisotopic (exact) mass is 383 g/mol. The van der Waals surface area contributed by atoms with E-state index in [9.17, 15) is 9.18 Å². The van der Waals surface area contributed by atoms with Crippen LogP contribution < -0.4 is 10.1 Å². The zero-order valence-corrected chi connectivity index (χ0v) is 15.7. The van der Waals surface area contributed by atoms with Crippen LogP contribution in [0.5, 0.6) is 5.75 Å². The molecule has 27 heavy (non-hydrogen) atoms. The zero-order valence-electron chi connectivity index (χ0n) is 14.9. The number of methoxy groups -OCH3 is 1. The molecule has 0 saturated heterocycles. The molecule has 0 aliphatic heterocycles. The highest BCUT2D eigenvalue weighted by Crippen LogP contribution is 2.22. The lowest BCUT2D eigenvalue weighted by Crippen LogP contribution is -2.14. The Kier molecular flexibility index (Phi) is 6.03. The number of carbonyl (C=O) groups excluding carboxylic acids is 1. The van der Waals surface area contributed by atoms with Gasteiger partial charge >= 0.3 is 0 Å². The van der Waals surface area contributed by atoms with Crippen molar-refractivity contribution in [2.45, 2.75) is 11.9 Å². The number of thioether (sulfide) groups is 1. The maximum Gasteiger partial charge on any atom is 0.234 e. The predicted octanol–water partition coefficient (Wildman–Crippen LogP) is 4.33. The lowest BCUT2D eigenvalue weighted by molar-refractivity contribution is -0.113. The minimum Gasteiger partial charge on any atom is -0.497 e. The fourth-order valence-corrected chi connectivity index (χ4v) is 3.11. The Balaban J connectivity index is 1.64. The zero-order chi connectivity index (χ0) is 19.2. The summed E-state index contributed by atoms with van der Waals surface area (Å²) in [5.74, 6) is 1.01. The normalized spacial score (nSPS) is 10.5. The molecule has 5 nitrogen and oxygen atoms in total. The van der Waals surface area contributed by atoms with Gasteiger partial charge in [-0.05, 0) is 61.5 Å². The number of aromatic nitrogens is 2. The molecule has 0 bridgehead atoms. The van der Waals surface area contributed by atoms with Crippen LogP contribution in [-0.2, 0) is 4.79 Å². The molecule has 0 saturated carbocycles. The molecule has 0 aliphatic rings. The summed E-state index contributed by atoms with van der Waals surface area (Å²) in [5.41, 5.74) is 2.21. The highest BCUT2D eigenvalue weighted by atomic mass is 32.2. The fourth-order valence-electron chi connectivity index (χ4n) is 2.35. The molecule has 0 aliphatic carbocycles. The van der Waals surface area contributed by atoms with Gasteiger partial charge in [-0.2, -0.15) is 0 Å². The van der Waals surface area contributed by atoms with Gasteiger partial charge in [0.1, 0.15) is 16.6 Å². The average Bonchev–Trinajstić information content (AvgIpc) is 2.67. The minimum atomic E-state index is -0.309. The Hall–Kier alpha value is -2.93. The molecule has 0 atom stereocenters. The Morgan fingerprint density at radius 1 is 1.11 bits per heavy atom. The van der Waals surface area contributed by atoms with Crippen LogP contribution in [-0.4, -0.2) is 28.7 Å². The van der Waals surface area contributed by atoms with Gasteiger partial charge in [-0.25, -0.2) is 14.4 Å². The summed E-state index contributed by atoms with van der Waals surface area (Å²) < 4.78 is 18.2. The van der Waals surface area contributed by atoms with Crippen LogP contribution in [0.1, 0.15) is 5.69 Å². The standard InChI is InChI=1S/C20H18FN3O2S/c1-13-11-19(24-20(22-13)14-3-5-15(21)6-4-14)27-12-18(25)23-16-7-9-17(26-2)10-8-16/h3-11H,12H2,1-2H3,(H,23,25). The molecule has 0 fully saturated rings. The Morgan fingerprint density at radius 2 is 1.81 bits per heavy atom. The molecule has 1 heterocycles. The number of aryl methyl sites for hydroxylation is 1. The van der Waals surface area contributed by atoms with Crippen LogP contribution in [0.15, 0.2) is 59.6 Å². The minimum absolute atomic E-state index is 0.134. The van der Waals surface area contributed by atoms with Crippen molar-refractivity contribution in [3.05, 3.63) is 66.1 Å². The van der Waals surface area contributed by atoms with Crippen molar-refractivity contribution in [2.24, 2.45) is 0 Å². The van der Waals surface area contributed by atoms with E-state index in [4.69, 9.17) is 4.74 Å². The molecular formula is C20H18FN3O2S. The number of hydrogen-bond acceptors (Lipinski definition) is 5. The second-order valence-electron chi connectivity index (χ2n) is 5.74. The molecule has 2 aromatic carbocycles. The van der Waals surface area contributed by atoms with Gasteiger partial charge in [0.2, 0.25) is 5.91 Å². The van der Waals surface area contributed by atoms with E-state index in [0.717, 1.165) is 17.0 Å². The number of benzene rings is 2. The van der Waals surface area contributed by atoms with Gasteiger partial charge in [0.15, 0.2) is 5.82 Å². The number of nitrogens with one attached hydrogen (secondary N) is 1. The molecule has 1 amide bonds. The Labute approximate surface area is 161 Å². The van der Waals surface area contributed by atoms with Crippen LogP contribution in [0, 0.1) is 12.7 Å². The third-order valence-corrected chi connectivity index (χ3v) is 4.57. The van der Waals surface area contributed by atoms with E-state index in [1.807, 2.05) is 13.0 Å².